The molecule has 6 nitrogen and oxygen atoms in total. The van der Waals surface area contributed by atoms with Gasteiger partial charge in [-0.2, -0.15) is 0 Å². The maximum Gasteiger partial charge on any atom is 0.309 e. The van der Waals surface area contributed by atoms with Gasteiger partial charge in [0.15, 0.2) is 5.17 Å². The minimum absolute atomic E-state index is 0.118. The van der Waals surface area contributed by atoms with Gasteiger partial charge in [-0.1, -0.05) is 11.8 Å². The van der Waals surface area contributed by atoms with E-state index in [-0.39, 0.29) is 28.5 Å². The number of hydrogen-bond acceptors (Lipinski definition) is 6. The molecule has 0 aromatic heterocycles. The van der Waals surface area contributed by atoms with Gasteiger partial charge < -0.3 is 14.5 Å². The van der Waals surface area contributed by atoms with Crippen molar-refractivity contribution >= 4 is 28.8 Å². The second-order valence-electron chi connectivity index (χ2n) is 7.09. The normalized spacial score (nSPS) is 29.8. The Kier molecular flexibility index (Phi) is 4.58. The quantitative estimate of drug-likeness (QED) is 0.708. The maximum absolute atomic E-state index is 12.6. The van der Waals surface area contributed by atoms with Gasteiger partial charge in [0, 0.05) is 30.9 Å². The van der Waals surface area contributed by atoms with Crippen LogP contribution in [0.3, 0.4) is 0 Å². The molecule has 2 atom stereocenters. The molecule has 1 aliphatic carbocycles. The number of aliphatic imine (C=N–C) groups is 1. The maximum atomic E-state index is 12.6. The fourth-order valence-corrected chi connectivity index (χ4v) is 4.38. The zero-order chi connectivity index (χ0) is 16.6. The van der Waals surface area contributed by atoms with E-state index >= 15 is 0 Å². The summed E-state index contributed by atoms with van der Waals surface area (Å²) in [5.74, 6) is -0.535. The summed E-state index contributed by atoms with van der Waals surface area (Å²) in [5.41, 5.74) is 0. The Labute approximate surface area is 141 Å². The fourth-order valence-electron chi connectivity index (χ4n) is 3.32. The Bertz CT molecular complexity index is 527. The Morgan fingerprint density at radius 3 is 2.30 bits per heavy atom. The van der Waals surface area contributed by atoms with Crippen LogP contribution in [-0.2, 0) is 14.3 Å². The van der Waals surface area contributed by atoms with Crippen molar-refractivity contribution in [1.82, 2.24) is 9.80 Å². The number of carbonyl (C=O) groups excluding carboxylic acids is 2. The van der Waals surface area contributed by atoms with E-state index in [1.54, 1.807) is 0 Å². The number of ether oxygens (including phenoxy) is 1. The number of carbonyl (C=O) groups is 2. The molecule has 0 aromatic rings. The van der Waals surface area contributed by atoms with Crippen LogP contribution in [0.1, 0.15) is 26.7 Å². The van der Waals surface area contributed by atoms with Crippen molar-refractivity contribution in [3.63, 3.8) is 0 Å². The van der Waals surface area contributed by atoms with Gasteiger partial charge in [0.05, 0.1) is 25.5 Å². The van der Waals surface area contributed by atoms with Gasteiger partial charge in [-0.05, 0) is 26.7 Å². The molecule has 0 bridgehead atoms. The SMILES string of the molecule is COC(=O)C1CCC1C(=O)N1CCN(C2=NCC(C)(C)S2)CC1. The first kappa shape index (κ1) is 16.6. The molecule has 3 aliphatic rings. The summed E-state index contributed by atoms with van der Waals surface area (Å²) in [7, 11) is 1.39. The summed E-state index contributed by atoms with van der Waals surface area (Å²) in [6.45, 7) is 8.34. The Morgan fingerprint density at radius 1 is 1.17 bits per heavy atom. The molecule has 23 heavy (non-hydrogen) atoms. The number of rotatable bonds is 2. The van der Waals surface area contributed by atoms with Crippen molar-refractivity contribution in [3.05, 3.63) is 0 Å². The van der Waals surface area contributed by atoms with E-state index in [0.29, 0.717) is 13.1 Å². The highest BCUT2D eigenvalue weighted by atomic mass is 32.2. The van der Waals surface area contributed by atoms with Crippen LogP contribution < -0.4 is 0 Å². The predicted molar refractivity (Wildman–Crippen MR) is 90.4 cm³/mol. The van der Waals surface area contributed by atoms with Crippen molar-refractivity contribution < 1.29 is 14.3 Å². The highest BCUT2D eigenvalue weighted by Gasteiger charge is 2.44. The van der Waals surface area contributed by atoms with Gasteiger partial charge >= 0.3 is 5.97 Å². The zero-order valence-corrected chi connectivity index (χ0v) is 14.9. The molecule has 0 N–H and O–H groups in total. The van der Waals surface area contributed by atoms with Gasteiger partial charge in [0.1, 0.15) is 0 Å². The molecule has 2 unspecified atom stereocenters. The number of esters is 1. The lowest BCUT2D eigenvalue weighted by molar-refractivity contribution is -0.159. The number of amides is 1. The van der Waals surface area contributed by atoms with E-state index in [1.807, 2.05) is 16.7 Å². The highest BCUT2D eigenvalue weighted by Crippen LogP contribution is 2.37. The molecule has 128 valence electrons. The summed E-state index contributed by atoms with van der Waals surface area (Å²) < 4.78 is 4.97. The van der Waals surface area contributed by atoms with Gasteiger partial charge in [0.2, 0.25) is 5.91 Å². The number of amidine groups is 1. The Hall–Kier alpha value is -1.24. The average Bonchev–Trinajstić information content (AvgIpc) is 2.86. The third kappa shape index (κ3) is 3.34. The first-order valence-corrected chi connectivity index (χ1v) is 9.08. The highest BCUT2D eigenvalue weighted by molar-refractivity contribution is 8.15. The largest absolute Gasteiger partial charge is 0.469 e. The van der Waals surface area contributed by atoms with Crippen LogP contribution in [0.2, 0.25) is 0 Å². The molecule has 1 amide bonds. The first-order chi connectivity index (χ1) is 10.9. The lowest BCUT2D eigenvalue weighted by Crippen LogP contribution is -2.54. The zero-order valence-electron chi connectivity index (χ0n) is 14.1. The third-order valence-corrected chi connectivity index (χ3v) is 6.17. The van der Waals surface area contributed by atoms with Crippen molar-refractivity contribution in [1.29, 1.82) is 0 Å². The number of piperazine rings is 1. The first-order valence-electron chi connectivity index (χ1n) is 8.26. The van der Waals surface area contributed by atoms with Crippen molar-refractivity contribution in [2.45, 2.75) is 31.4 Å². The van der Waals surface area contributed by atoms with Crippen LogP contribution in [0.4, 0.5) is 0 Å². The summed E-state index contributed by atoms with van der Waals surface area (Å²) in [5, 5.41) is 1.11. The van der Waals surface area contributed by atoms with Gasteiger partial charge in [0.25, 0.3) is 0 Å². The smallest absolute Gasteiger partial charge is 0.309 e. The monoisotopic (exact) mass is 339 g/mol. The summed E-state index contributed by atoms with van der Waals surface area (Å²) in [6, 6.07) is 0. The molecule has 1 saturated heterocycles. The average molecular weight is 339 g/mol. The number of nitrogens with zero attached hydrogens (tertiary/aromatic N) is 3. The summed E-state index contributed by atoms with van der Waals surface area (Å²) in [6.07, 6.45) is 1.57. The summed E-state index contributed by atoms with van der Waals surface area (Å²) >= 11 is 1.82. The molecule has 0 aromatic carbocycles. The van der Waals surface area contributed by atoms with Crippen LogP contribution in [0.15, 0.2) is 4.99 Å². The molecular weight excluding hydrogens is 314 g/mol. The molecule has 1 saturated carbocycles. The van der Waals surface area contributed by atoms with E-state index in [9.17, 15) is 9.59 Å². The van der Waals surface area contributed by atoms with Gasteiger partial charge in [-0.3, -0.25) is 14.6 Å². The fraction of sp³-hybridized carbons (Fsp3) is 0.812. The van der Waals surface area contributed by atoms with Crippen LogP contribution in [0.5, 0.6) is 0 Å². The second kappa shape index (κ2) is 6.34. The van der Waals surface area contributed by atoms with E-state index < -0.39 is 0 Å². The number of hydrogen-bond donors (Lipinski definition) is 0. The lowest BCUT2D eigenvalue weighted by atomic mass is 9.72. The second-order valence-corrected chi connectivity index (χ2v) is 8.76. The van der Waals surface area contributed by atoms with Crippen LogP contribution in [0.25, 0.3) is 0 Å². The van der Waals surface area contributed by atoms with Gasteiger partial charge in [-0.25, -0.2) is 0 Å². The van der Waals surface area contributed by atoms with Crippen molar-refractivity contribution in [3.8, 4) is 0 Å². The van der Waals surface area contributed by atoms with Crippen LogP contribution in [-0.4, -0.2) is 71.4 Å². The molecule has 2 fully saturated rings. The van der Waals surface area contributed by atoms with E-state index in [1.165, 1.54) is 7.11 Å². The number of thioether (sulfide) groups is 1. The molecular formula is C16H25N3O3S. The predicted octanol–water partition coefficient (Wildman–Crippen LogP) is 1.21. The third-order valence-electron chi connectivity index (χ3n) is 4.92. The van der Waals surface area contributed by atoms with Crippen molar-refractivity contribution in [2.24, 2.45) is 16.8 Å². The van der Waals surface area contributed by atoms with Crippen molar-refractivity contribution in [2.75, 3.05) is 39.8 Å². The van der Waals surface area contributed by atoms with E-state index in [4.69, 9.17) is 4.74 Å². The van der Waals surface area contributed by atoms with E-state index in [2.05, 4.69) is 23.7 Å². The van der Waals surface area contributed by atoms with E-state index in [0.717, 1.165) is 37.6 Å². The van der Waals surface area contributed by atoms with Gasteiger partial charge in [-0.15, -0.1) is 0 Å². The summed E-state index contributed by atoms with van der Waals surface area (Å²) in [4.78, 5) is 33.1. The minimum Gasteiger partial charge on any atom is -0.469 e. The molecule has 2 heterocycles. The molecule has 3 rings (SSSR count). The number of methoxy groups -OCH3 is 1. The van der Waals surface area contributed by atoms with Crippen LogP contribution in [0, 0.1) is 11.8 Å². The van der Waals surface area contributed by atoms with Crippen LogP contribution >= 0.6 is 11.8 Å². The molecule has 0 radical (unpaired) electrons. The minimum atomic E-state index is -0.243. The Morgan fingerprint density at radius 2 is 1.83 bits per heavy atom. The topological polar surface area (TPSA) is 62.2 Å². The molecule has 2 aliphatic heterocycles. The Balaban J connectivity index is 1.51. The lowest BCUT2D eigenvalue weighted by Gasteiger charge is -2.41. The standard InChI is InChI=1S/C16H25N3O3S/c1-16(2)10-17-15(23-16)19-8-6-18(7-9-19)13(20)11-4-5-12(11)14(21)22-3/h11-12H,4-10H2,1-3H3. The molecule has 0 spiro atoms. The molecule has 7 heteroatoms.